The maximum absolute atomic E-state index is 12.9. The number of amides is 1. The molecule has 1 amide bonds. The molecule has 1 atom stereocenters. The van der Waals surface area contributed by atoms with Gasteiger partial charge in [-0.15, -0.1) is 0 Å². The van der Waals surface area contributed by atoms with Gasteiger partial charge in [0.15, 0.2) is 0 Å². The summed E-state index contributed by atoms with van der Waals surface area (Å²) in [5.41, 5.74) is 1.32. The van der Waals surface area contributed by atoms with E-state index in [9.17, 15) is 13.2 Å². The third-order valence-corrected chi connectivity index (χ3v) is 5.91. The molecule has 0 aliphatic heterocycles. The van der Waals surface area contributed by atoms with Crippen molar-refractivity contribution in [2.75, 3.05) is 19.5 Å². The molecule has 6 nitrogen and oxygen atoms in total. The monoisotopic (exact) mass is 362 g/mol. The lowest BCUT2D eigenvalue weighted by Gasteiger charge is -2.25. The van der Waals surface area contributed by atoms with Crippen LogP contribution in [-0.2, 0) is 14.8 Å². The van der Waals surface area contributed by atoms with Crippen LogP contribution in [0.15, 0.2) is 53.4 Å². The van der Waals surface area contributed by atoms with Crippen molar-refractivity contribution >= 4 is 21.6 Å². The fourth-order valence-electron chi connectivity index (χ4n) is 2.44. The highest BCUT2D eigenvalue weighted by molar-refractivity contribution is 7.89. The Morgan fingerprint density at radius 3 is 2.36 bits per heavy atom. The van der Waals surface area contributed by atoms with Crippen molar-refractivity contribution < 1.29 is 17.9 Å². The van der Waals surface area contributed by atoms with Crippen molar-refractivity contribution in [1.29, 1.82) is 0 Å². The quantitative estimate of drug-likeness (QED) is 0.857. The summed E-state index contributed by atoms with van der Waals surface area (Å²) in [6, 6.07) is 13.5. The molecule has 25 heavy (non-hydrogen) atoms. The Morgan fingerprint density at radius 2 is 1.80 bits per heavy atom. The number of nitrogens with one attached hydrogen (secondary N) is 1. The van der Waals surface area contributed by atoms with E-state index >= 15 is 0 Å². The second kappa shape index (κ2) is 7.67. The van der Waals surface area contributed by atoms with Crippen molar-refractivity contribution in [3.05, 3.63) is 54.1 Å². The SMILES string of the molecule is COc1cc(S(=O)(=O)N(C)C(C)c2ccccc2)ccc1NC(C)=O. The molecule has 0 spiro atoms. The standard InChI is InChI=1S/C18H22N2O4S/c1-13(15-8-6-5-7-9-15)20(3)25(22,23)16-10-11-17(19-14(2)21)18(12-16)24-4/h5-13H,1-4H3,(H,19,21). The van der Waals surface area contributed by atoms with Gasteiger partial charge in [-0.25, -0.2) is 8.42 Å². The van der Waals surface area contributed by atoms with Gasteiger partial charge in [-0.1, -0.05) is 30.3 Å². The van der Waals surface area contributed by atoms with Crippen LogP contribution in [0.5, 0.6) is 5.75 Å². The summed E-state index contributed by atoms with van der Waals surface area (Å²) >= 11 is 0. The van der Waals surface area contributed by atoms with Gasteiger partial charge in [0, 0.05) is 26.1 Å². The van der Waals surface area contributed by atoms with E-state index in [-0.39, 0.29) is 22.6 Å². The summed E-state index contributed by atoms with van der Waals surface area (Å²) in [6.45, 7) is 3.20. The molecule has 0 heterocycles. The molecule has 2 aromatic carbocycles. The van der Waals surface area contributed by atoms with Crippen LogP contribution < -0.4 is 10.1 Å². The molecule has 0 aliphatic rings. The maximum atomic E-state index is 12.9. The summed E-state index contributed by atoms with van der Waals surface area (Å²) in [5, 5.41) is 2.61. The summed E-state index contributed by atoms with van der Waals surface area (Å²) < 4.78 is 32.4. The van der Waals surface area contributed by atoms with E-state index in [0.717, 1.165) is 5.56 Å². The molecule has 134 valence electrons. The minimum absolute atomic E-state index is 0.101. The predicted octanol–water partition coefficient (Wildman–Crippen LogP) is 3.04. The van der Waals surface area contributed by atoms with Crippen molar-refractivity contribution in [2.45, 2.75) is 24.8 Å². The molecule has 0 bridgehead atoms. The fourth-order valence-corrected chi connectivity index (χ4v) is 3.81. The molecule has 0 aliphatic carbocycles. The van der Waals surface area contributed by atoms with E-state index in [1.165, 1.54) is 36.5 Å². The second-order valence-electron chi connectivity index (χ2n) is 5.65. The third-order valence-electron chi connectivity index (χ3n) is 3.99. The Bertz CT molecular complexity index is 851. The van der Waals surface area contributed by atoms with Crippen molar-refractivity contribution in [3.8, 4) is 5.75 Å². The average molecular weight is 362 g/mol. The van der Waals surface area contributed by atoms with Gasteiger partial charge in [-0.05, 0) is 24.6 Å². The van der Waals surface area contributed by atoms with Crippen molar-refractivity contribution in [2.24, 2.45) is 0 Å². The Morgan fingerprint density at radius 1 is 1.16 bits per heavy atom. The number of hydrogen-bond donors (Lipinski definition) is 1. The molecular weight excluding hydrogens is 340 g/mol. The lowest BCUT2D eigenvalue weighted by molar-refractivity contribution is -0.114. The van der Waals surface area contributed by atoms with Crippen LogP contribution in [0.1, 0.15) is 25.5 Å². The minimum Gasteiger partial charge on any atom is -0.495 e. The van der Waals surface area contributed by atoms with Gasteiger partial charge in [0.1, 0.15) is 5.75 Å². The first kappa shape index (κ1) is 19.0. The number of hydrogen-bond acceptors (Lipinski definition) is 4. The zero-order valence-corrected chi connectivity index (χ0v) is 15.5. The van der Waals surface area contributed by atoms with Gasteiger partial charge in [0.05, 0.1) is 17.7 Å². The zero-order valence-electron chi connectivity index (χ0n) is 14.7. The van der Waals surface area contributed by atoms with Gasteiger partial charge in [0.2, 0.25) is 15.9 Å². The fraction of sp³-hybridized carbons (Fsp3) is 0.278. The predicted molar refractivity (Wildman–Crippen MR) is 97.1 cm³/mol. The molecule has 0 fully saturated rings. The molecule has 0 saturated carbocycles. The molecule has 0 aromatic heterocycles. The topological polar surface area (TPSA) is 75.7 Å². The van der Waals surface area contributed by atoms with Crippen LogP contribution in [0.25, 0.3) is 0 Å². The van der Waals surface area contributed by atoms with E-state index < -0.39 is 10.0 Å². The summed E-state index contributed by atoms with van der Waals surface area (Å²) in [7, 11) is -0.757. The van der Waals surface area contributed by atoms with Crippen LogP contribution in [0, 0.1) is 0 Å². The smallest absolute Gasteiger partial charge is 0.243 e. The molecule has 2 aromatic rings. The Balaban J connectivity index is 2.37. The van der Waals surface area contributed by atoms with E-state index in [0.29, 0.717) is 5.69 Å². The first-order valence-electron chi connectivity index (χ1n) is 7.76. The van der Waals surface area contributed by atoms with Crippen LogP contribution in [0.3, 0.4) is 0 Å². The lowest BCUT2D eigenvalue weighted by atomic mass is 10.1. The number of carbonyl (C=O) groups excluding carboxylic acids is 1. The summed E-state index contributed by atoms with van der Waals surface area (Å²) in [4.78, 5) is 11.3. The molecule has 1 N–H and O–H groups in total. The highest BCUT2D eigenvalue weighted by Crippen LogP contribution is 2.31. The largest absolute Gasteiger partial charge is 0.495 e. The number of ether oxygens (including phenoxy) is 1. The molecular formula is C18H22N2O4S. The molecule has 7 heteroatoms. The molecule has 0 saturated heterocycles. The number of nitrogens with zero attached hydrogens (tertiary/aromatic N) is 1. The van der Waals surface area contributed by atoms with Crippen LogP contribution >= 0.6 is 0 Å². The number of rotatable bonds is 6. The second-order valence-corrected chi connectivity index (χ2v) is 7.65. The lowest BCUT2D eigenvalue weighted by Crippen LogP contribution is -2.29. The number of anilines is 1. The van der Waals surface area contributed by atoms with Crippen LogP contribution in [0.2, 0.25) is 0 Å². The van der Waals surface area contributed by atoms with Gasteiger partial charge < -0.3 is 10.1 Å². The Labute approximate surface area is 148 Å². The van der Waals surface area contributed by atoms with E-state index in [1.54, 1.807) is 7.05 Å². The Kier molecular flexibility index (Phi) is 5.81. The van der Waals surface area contributed by atoms with Crippen molar-refractivity contribution in [3.63, 3.8) is 0 Å². The molecule has 1 unspecified atom stereocenters. The molecule has 0 radical (unpaired) electrons. The Hall–Kier alpha value is -2.38. The van der Waals surface area contributed by atoms with Gasteiger partial charge in [-0.3, -0.25) is 4.79 Å². The number of sulfonamides is 1. The van der Waals surface area contributed by atoms with Crippen LogP contribution in [0.4, 0.5) is 5.69 Å². The summed E-state index contributed by atoms with van der Waals surface area (Å²) in [5.74, 6) is 0.0285. The maximum Gasteiger partial charge on any atom is 0.243 e. The van der Waals surface area contributed by atoms with Gasteiger partial charge >= 0.3 is 0 Å². The molecule has 2 rings (SSSR count). The summed E-state index contributed by atoms with van der Waals surface area (Å²) in [6.07, 6.45) is 0. The van der Waals surface area contributed by atoms with Crippen molar-refractivity contribution in [1.82, 2.24) is 4.31 Å². The first-order chi connectivity index (χ1) is 11.8. The highest BCUT2D eigenvalue weighted by Gasteiger charge is 2.27. The number of benzene rings is 2. The highest BCUT2D eigenvalue weighted by atomic mass is 32.2. The zero-order chi connectivity index (χ0) is 18.6. The first-order valence-corrected chi connectivity index (χ1v) is 9.20. The minimum atomic E-state index is -3.72. The van der Waals surface area contributed by atoms with Gasteiger partial charge in [0.25, 0.3) is 0 Å². The van der Waals surface area contributed by atoms with E-state index in [2.05, 4.69) is 5.32 Å². The van der Waals surface area contributed by atoms with E-state index in [1.807, 2.05) is 37.3 Å². The van der Waals surface area contributed by atoms with Crippen LogP contribution in [-0.4, -0.2) is 32.8 Å². The normalized spacial score (nSPS) is 12.7. The third kappa shape index (κ3) is 4.18. The number of methoxy groups -OCH3 is 1. The van der Waals surface area contributed by atoms with E-state index in [4.69, 9.17) is 4.74 Å². The van der Waals surface area contributed by atoms with Gasteiger partial charge in [-0.2, -0.15) is 4.31 Å². The number of carbonyl (C=O) groups is 1. The average Bonchev–Trinajstić information content (AvgIpc) is 2.60.